The lowest BCUT2D eigenvalue weighted by Crippen LogP contribution is -2.22. The van der Waals surface area contributed by atoms with E-state index in [4.69, 9.17) is 0 Å². The standard InChI is InChI=1S/C21H36N2O2/c1-5-15-19(8-4)23-21(25)17-14-12-10-9-11-13-16-20(24)22-18(6-2)7-3/h6-7,15H,2,5,8-14,16-17H2,1,3-4H3,(H,22,24)(H,23,25)/b18-7+,19-15+. The van der Waals surface area contributed by atoms with E-state index in [1.807, 2.05) is 13.0 Å². The van der Waals surface area contributed by atoms with Crippen molar-refractivity contribution in [2.45, 2.75) is 85.0 Å². The molecule has 0 saturated heterocycles. The molecular formula is C21H36N2O2. The maximum Gasteiger partial charge on any atom is 0.224 e. The van der Waals surface area contributed by atoms with Gasteiger partial charge in [0.25, 0.3) is 0 Å². The zero-order valence-corrected chi connectivity index (χ0v) is 16.3. The average molecular weight is 349 g/mol. The molecule has 0 spiro atoms. The molecule has 0 heterocycles. The molecule has 0 saturated carbocycles. The molecule has 0 fully saturated rings. The first-order valence-corrected chi connectivity index (χ1v) is 9.64. The van der Waals surface area contributed by atoms with Crippen molar-refractivity contribution in [2.75, 3.05) is 0 Å². The summed E-state index contributed by atoms with van der Waals surface area (Å²) >= 11 is 0. The molecule has 0 bridgehead atoms. The van der Waals surface area contributed by atoms with Crippen molar-refractivity contribution < 1.29 is 9.59 Å². The van der Waals surface area contributed by atoms with Crippen LogP contribution in [0.2, 0.25) is 0 Å². The smallest absolute Gasteiger partial charge is 0.224 e. The number of hydrogen-bond acceptors (Lipinski definition) is 2. The molecule has 4 nitrogen and oxygen atoms in total. The van der Waals surface area contributed by atoms with Gasteiger partial charge < -0.3 is 10.6 Å². The highest BCUT2D eigenvalue weighted by Crippen LogP contribution is 2.09. The summed E-state index contributed by atoms with van der Waals surface area (Å²) < 4.78 is 0. The summed E-state index contributed by atoms with van der Waals surface area (Å²) in [7, 11) is 0. The summed E-state index contributed by atoms with van der Waals surface area (Å²) in [6.45, 7) is 9.65. The van der Waals surface area contributed by atoms with Crippen LogP contribution in [0.25, 0.3) is 0 Å². The van der Waals surface area contributed by atoms with Gasteiger partial charge in [-0.25, -0.2) is 0 Å². The van der Waals surface area contributed by atoms with Gasteiger partial charge in [-0.1, -0.05) is 58.3 Å². The minimum absolute atomic E-state index is 0.0523. The van der Waals surface area contributed by atoms with Crippen molar-refractivity contribution >= 4 is 11.8 Å². The Bertz CT molecular complexity index is 465. The third kappa shape index (κ3) is 13.2. The second-order valence-electron chi connectivity index (χ2n) is 6.16. The molecule has 0 unspecified atom stereocenters. The van der Waals surface area contributed by atoms with E-state index in [9.17, 15) is 9.59 Å². The Labute approximate surface area is 153 Å². The maximum atomic E-state index is 11.8. The van der Waals surface area contributed by atoms with E-state index in [-0.39, 0.29) is 11.8 Å². The second kappa shape index (κ2) is 15.7. The number of unbranched alkanes of at least 4 members (excludes halogenated alkanes) is 5. The van der Waals surface area contributed by atoms with Crippen LogP contribution in [0.15, 0.2) is 36.2 Å². The lowest BCUT2D eigenvalue weighted by Gasteiger charge is -2.08. The Balaban J connectivity index is 3.61. The van der Waals surface area contributed by atoms with Gasteiger partial charge in [0.05, 0.1) is 0 Å². The molecule has 0 aromatic carbocycles. The molecule has 0 aromatic heterocycles. The van der Waals surface area contributed by atoms with E-state index >= 15 is 0 Å². The number of allylic oxidation sites excluding steroid dienone is 4. The summed E-state index contributed by atoms with van der Waals surface area (Å²) in [5, 5.41) is 5.81. The monoisotopic (exact) mass is 348 g/mol. The molecule has 2 N–H and O–H groups in total. The Hall–Kier alpha value is -1.84. The Kier molecular flexibility index (Phi) is 14.5. The molecule has 0 aromatic rings. The van der Waals surface area contributed by atoms with Gasteiger partial charge in [0.15, 0.2) is 0 Å². The Morgan fingerprint density at radius 3 is 1.84 bits per heavy atom. The van der Waals surface area contributed by atoms with Gasteiger partial charge in [0.2, 0.25) is 11.8 Å². The van der Waals surface area contributed by atoms with Crippen LogP contribution >= 0.6 is 0 Å². The SMILES string of the molecule is C=C/C(=C\C)NC(=O)CCCCCCCCC(=O)N/C(=C/CC)CC. The molecular weight excluding hydrogens is 312 g/mol. The molecule has 2 amide bonds. The van der Waals surface area contributed by atoms with Crippen LogP contribution in [0.4, 0.5) is 0 Å². The van der Waals surface area contributed by atoms with Crippen molar-refractivity contribution in [1.29, 1.82) is 0 Å². The molecule has 0 radical (unpaired) electrons. The predicted molar refractivity (Wildman–Crippen MR) is 106 cm³/mol. The van der Waals surface area contributed by atoms with Crippen molar-refractivity contribution in [3.63, 3.8) is 0 Å². The quantitative estimate of drug-likeness (QED) is 0.337. The van der Waals surface area contributed by atoms with Crippen LogP contribution < -0.4 is 10.6 Å². The first-order chi connectivity index (χ1) is 12.1. The lowest BCUT2D eigenvalue weighted by atomic mass is 10.1. The fourth-order valence-corrected chi connectivity index (χ4v) is 2.51. The largest absolute Gasteiger partial charge is 0.330 e. The molecule has 0 aliphatic rings. The molecule has 0 aliphatic carbocycles. The van der Waals surface area contributed by atoms with Crippen molar-refractivity contribution in [3.05, 3.63) is 36.2 Å². The summed E-state index contributed by atoms with van der Waals surface area (Å²) in [6.07, 6.45) is 14.7. The highest BCUT2D eigenvalue weighted by Gasteiger charge is 2.04. The van der Waals surface area contributed by atoms with Crippen LogP contribution in [-0.2, 0) is 9.59 Å². The first-order valence-electron chi connectivity index (χ1n) is 9.64. The second-order valence-corrected chi connectivity index (χ2v) is 6.16. The summed E-state index contributed by atoms with van der Waals surface area (Å²) in [4.78, 5) is 23.5. The van der Waals surface area contributed by atoms with Crippen LogP contribution in [0, 0.1) is 0 Å². The number of nitrogens with one attached hydrogen (secondary N) is 2. The first kappa shape index (κ1) is 23.2. The minimum Gasteiger partial charge on any atom is -0.330 e. The number of carbonyl (C=O) groups is 2. The topological polar surface area (TPSA) is 58.2 Å². The van der Waals surface area contributed by atoms with Crippen LogP contribution in [0.3, 0.4) is 0 Å². The molecule has 0 aliphatic heterocycles. The molecule has 25 heavy (non-hydrogen) atoms. The van der Waals surface area contributed by atoms with Crippen LogP contribution in [-0.4, -0.2) is 11.8 Å². The highest BCUT2D eigenvalue weighted by molar-refractivity contribution is 5.78. The third-order valence-electron chi connectivity index (χ3n) is 4.00. The summed E-state index contributed by atoms with van der Waals surface area (Å²) in [6, 6.07) is 0. The van der Waals surface area contributed by atoms with E-state index in [2.05, 4.69) is 37.1 Å². The lowest BCUT2D eigenvalue weighted by molar-refractivity contribution is -0.121. The van der Waals surface area contributed by atoms with Crippen LogP contribution in [0.1, 0.15) is 85.0 Å². The Morgan fingerprint density at radius 2 is 1.40 bits per heavy atom. The zero-order valence-electron chi connectivity index (χ0n) is 16.3. The van der Waals surface area contributed by atoms with E-state index < -0.39 is 0 Å². The maximum absolute atomic E-state index is 11.8. The zero-order chi connectivity index (χ0) is 18.9. The van der Waals surface area contributed by atoms with Gasteiger partial charge in [-0.05, 0) is 38.7 Å². The predicted octanol–water partition coefficient (Wildman–Crippen LogP) is 5.13. The van der Waals surface area contributed by atoms with Crippen molar-refractivity contribution in [3.8, 4) is 0 Å². The van der Waals surface area contributed by atoms with Crippen LogP contribution in [0.5, 0.6) is 0 Å². The highest BCUT2D eigenvalue weighted by atomic mass is 16.2. The van der Waals surface area contributed by atoms with Gasteiger partial charge in [0.1, 0.15) is 0 Å². The number of carbonyl (C=O) groups excluding carboxylic acids is 2. The molecule has 0 atom stereocenters. The van der Waals surface area contributed by atoms with Gasteiger partial charge in [-0.3, -0.25) is 9.59 Å². The Morgan fingerprint density at radius 1 is 0.880 bits per heavy atom. The average Bonchev–Trinajstić information content (AvgIpc) is 2.61. The van der Waals surface area contributed by atoms with Crippen molar-refractivity contribution in [1.82, 2.24) is 10.6 Å². The van der Waals surface area contributed by atoms with Gasteiger partial charge in [0, 0.05) is 24.2 Å². The number of amides is 2. The van der Waals surface area contributed by atoms with Gasteiger partial charge in [-0.15, -0.1) is 0 Å². The van der Waals surface area contributed by atoms with Gasteiger partial charge >= 0.3 is 0 Å². The fourth-order valence-electron chi connectivity index (χ4n) is 2.51. The van der Waals surface area contributed by atoms with E-state index in [1.165, 1.54) is 0 Å². The third-order valence-corrected chi connectivity index (χ3v) is 4.00. The van der Waals surface area contributed by atoms with Crippen molar-refractivity contribution in [2.24, 2.45) is 0 Å². The summed E-state index contributed by atoms with van der Waals surface area (Å²) in [5.41, 5.74) is 1.80. The number of rotatable bonds is 14. The minimum atomic E-state index is 0.0523. The van der Waals surface area contributed by atoms with E-state index in [0.29, 0.717) is 12.8 Å². The van der Waals surface area contributed by atoms with E-state index in [1.54, 1.807) is 6.08 Å². The normalized spacial score (nSPS) is 12.0. The molecule has 4 heteroatoms. The fraction of sp³-hybridized carbons (Fsp3) is 0.619. The molecule has 142 valence electrons. The molecule has 0 rings (SSSR count). The van der Waals surface area contributed by atoms with Gasteiger partial charge in [-0.2, -0.15) is 0 Å². The summed E-state index contributed by atoms with van der Waals surface area (Å²) in [5.74, 6) is 0.178. The number of hydrogen-bond donors (Lipinski definition) is 2. The van der Waals surface area contributed by atoms with E-state index in [0.717, 1.165) is 62.8 Å².